The molecule has 1 aromatic carbocycles. The number of nitrogens with zero attached hydrogens (tertiary/aromatic N) is 1. The van der Waals surface area contributed by atoms with E-state index >= 15 is 0 Å². The molecule has 1 aromatic heterocycles. The van der Waals surface area contributed by atoms with E-state index in [1.54, 1.807) is 13.1 Å². The minimum absolute atomic E-state index is 0.473. The summed E-state index contributed by atoms with van der Waals surface area (Å²) >= 11 is 3.42. The molecule has 78 valence electrons. The number of aromatic nitrogens is 1. The summed E-state index contributed by atoms with van der Waals surface area (Å²) in [7, 11) is 0. The van der Waals surface area contributed by atoms with Gasteiger partial charge in [-0.25, -0.2) is 4.98 Å². The summed E-state index contributed by atoms with van der Waals surface area (Å²) < 4.78 is 6.34. The number of halogens is 1. The Morgan fingerprint density at radius 3 is 2.73 bits per heavy atom. The maximum atomic E-state index is 9.31. The SMILES string of the molecule is CC(O)c1cnc(-c2ccccc2Br)o1. The summed E-state index contributed by atoms with van der Waals surface area (Å²) in [6, 6.07) is 7.65. The Kier molecular flexibility index (Phi) is 2.88. The van der Waals surface area contributed by atoms with E-state index in [1.807, 2.05) is 24.3 Å². The fraction of sp³-hybridized carbons (Fsp3) is 0.182. The van der Waals surface area contributed by atoms with Crippen molar-refractivity contribution in [1.82, 2.24) is 4.98 Å². The predicted octanol–water partition coefficient (Wildman–Crippen LogP) is 3.16. The summed E-state index contributed by atoms with van der Waals surface area (Å²) in [5, 5.41) is 9.31. The highest BCUT2D eigenvalue weighted by atomic mass is 79.9. The van der Waals surface area contributed by atoms with Crippen LogP contribution in [-0.4, -0.2) is 10.1 Å². The molecule has 0 saturated carbocycles. The predicted molar refractivity (Wildman–Crippen MR) is 60.3 cm³/mol. The first-order valence-corrected chi connectivity index (χ1v) is 5.36. The van der Waals surface area contributed by atoms with Crippen molar-refractivity contribution < 1.29 is 9.52 Å². The van der Waals surface area contributed by atoms with Crippen LogP contribution in [0, 0.1) is 0 Å². The highest BCUT2D eigenvalue weighted by Gasteiger charge is 2.11. The quantitative estimate of drug-likeness (QED) is 0.909. The molecule has 1 N–H and O–H groups in total. The highest BCUT2D eigenvalue weighted by Crippen LogP contribution is 2.28. The molecule has 0 fully saturated rings. The molecule has 1 atom stereocenters. The van der Waals surface area contributed by atoms with Gasteiger partial charge in [0.1, 0.15) is 6.10 Å². The third-order valence-corrected chi connectivity index (χ3v) is 2.73. The summed E-state index contributed by atoms with van der Waals surface area (Å²) in [5.74, 6) is 0.985. The maximum absolute atomic E-state index is 9.31. The lowest BCUT2D eigenvalue weighted by Crippen LogP contribution is -1.85. The Hall–Kier alpha value is -1.13. The Morgan fingerprint density at radius 2 is 2.13 bits per heavy atom. The molecule has 0 radical (unpaired) electrons. The molecule has 1 heterocycles. The Morgan fingerprint density at radius 1 is 1.40 bits per heavy atom. The molecule has 0 aliphatic carbocycles. The van der Waals surface area contributed by atoms with Gasteiger partial charge in [0.25, 0.3) is 0 Å². The smallest absolute Gasteiger partial charge is 0.227 e. The van der Waals surface area contributed by atoms with Gasteiger partial charge in [0, 0.05) is 4.47 Å². The maximum Gasteiger partial charge on any atom is 0.227 e. The number of aliphatic hydroxyl groups is 1. The molecule has 4 heteroatoms. The zero-order valence-corrected chi connectivity index (χ0v) is 9.73. The van der Waals surface area contributed by atoms with Gasteiger partial charge in [0.2, 0.25) is 5.89 Å². The summed E-state index contributed by atoms with van der Waals surface area (Å²) in [5.41, 5.74) is 0.879. The van der Waals surface area contributed by atoms with Crippen molar-refractivity contribution in [1.29, 1.82) is 0 Å². The number of hydrogen-bond acceptors (Lipinski definition) is 3. The molecule has 0 spiro atoms. The fourth-order valence-corrected chi connectivity index (χ4v) is 1.69. The van der Waals surface area contributed by atoms with Crippen molar-refractivity contribution in [2.75, 3.05) is 0 Å². The first-order valence-electron chi connectivity index (χ1n) is 4.57. The van der Waals surface area contributed by atoms with E-state index < -0.39 is 6.10 Å². The molecule has 2 aromatic rings. The molecule has 1 unspecified atom stereocenters. The van der Waals surface area contributed by atoms with Crippen LogP contribution in [0.3, 0.4) is 0 Å². The molecule has 2 rings (SSSR count). The van der Waals surface area contributed by atoms with Crippen LogP contribution in [0.15, 0.2) is 39.4 Å². The van der Waals surface area contributed by atoms with E-state index in [-0.39, 0.29) is 0 Å². The first-order chi connectivity index (χ1) is 7.18. The highest BCUT2D eigenvalue weighted by molar-refractivity contribution is 9.10. The molecule has 0 amide bonds. The summed E-state index contributed by atoms with van der Waals surface area (Å²) in [6.07, 6.45) is 0.910. The number of hydrogen-bond donors (Lipinski definition) is 1. The molecule has 0 aliphatic rings. The van der Waals surface area contributed by atoms with Gasteiger partial charge >= 0.3 is 0 Å². The van der Waals surface area contributed by atoms with Gasteiger partial charge in [-0.15, -0.1) is 0 Å². The molecule has 15 heavy (non-hydrogen) atoms. The van der Waals surface area contributed by atoms with Crippen LogP contribution in [-0.2, 0) is 0 Å². The zero-order valence-electron chi connectivity index (χ0n) is 8.14. The third-order valence-electron chi connectivity index (χ3n) is 2.04. The Bertz CT molecular complexity index is 465. The monoisotopic (exact) mass is 267 g/mol. The molecule has 3 nitrogen and oxygen atoms in total. The van der Waals surface area contributed by atoms with Crippen LogP contribution in [0.5, 0.6) is 0 Å². The van der Waals surface area contributed by atoms with Crippen molar-refractivity contribution in [2.45, 2.75) is 13.0 Å². The summed E-state index contributed by atoms with van der Waals surface area (Å²) in [4.78, 5) is 4.11. The van der Waals surface area contributed by atoms with E-state index in [4.69, 9.17) is 4.42 Å². The second kappa shape index (κ2) is 4.16. The number of oxazole rings is 1. The molecule has 0 aliphatic heterocycles. The average molecular weight is 268 g/mol. The Labute approximate surface area is 95.9 Å². The lowest BCUT2D eigenvalue weighted by molar-refractivity contribution is 0.170. The number of rotatable bonds is 2. The van der Waals surface area contributed by atoms with Crippen molar-refractivity contribution in [2.24, 2.45) is 0 Å². The van der Waals surface area contributed by atoms with Crippen LogP contribution >= 0.6 is 15.9 Å². The van der Waals surface area contributed by atoms with Crippen LogP contribution < -0.4 is 0 Å². The van der Waals surface area contributed by atoms with Crippen molar-refractivity contribution in [3.63, 3.8) is 0 Å². The van der Waals surface area contributed by atoms with E-state index in [1.165, 1.54) is 0 Å². The second-order valence-electron chi connectivity index (χ2n) is 3.22. The van der Waals surface area contributed by atoms with E-state index in [0.29, 0.717) is 11.7 Å². The van der Waals surface area contributed by atoms with Gasteiger partial charge in [-0.05, 0) is 35.0 Å². The van der Waals surface area contributed by atoms with Crippen LogP contribution in [0.25, 0.3) is 11.5 Å². The average Bonchev–Trinajstić information content (AvgIpc) is 2.67. The summed E-state index contributed by atoms with van der Waals surface area (Å²) in [6.45, 7) is 1.64. The van der Waals surface area contributed by atoms with Gasteiger partial charge in [-0.2, -0.15) is 0 Å². The molecular formula is C11H10BrNO2. The van der Waals surface area contributed by atoms with Gasteiger partial charge in [-0.3, -0.25) is 0 Å². The molecule has 0 bridgehead atoms. The number of aliphatic hydroxyl groups excluding tert-OH is 1. The number of benzene rings is 1. The minimum atomic E-state index is -0.631. The van der Waals surface area contributed by atoms with Gasteiger partial charge in [-0.1, -0.05) is 12.1 Å². The topological polar surface area (TPSA) is 46.3 Å². The van der Waals surface area contributed by atoms with Gasteiger partial charge < -0.3 is 9.52 Å². The van der Waals surface area contributed by atoms with Crippen molar-refractivity contribution in [3.8, 4) is 11.5 Å². The van der Waals surface area contributed by atoms with Gasteiger partial charge in [0.05, 0.1) is 11.8 Å². The largest absolute Gasteiger partial charge is 0.438 e. The normalized spacial score (nSPS) is 12.7. The van der Waals surface area contributed by atoms with Crippen LogP contribution in [0.1, 0.15) is 18.8 Å². The van der Waals surface area contributed by atoms with Gasteiger partial charge in [0.15, 0.2) is 5.76 Å². The zero-order chi connectivity index (χ0) is 10.8. The lowest BCUT2D eigenvalue weighted by atomic mass is 10.2. The van der Waals surface area contributed by atoms with Crippen LogP contribution in [0.2, 0.25) is 0 Å². The van der Waals surface area contributed by atoms with E-state index in [9.17, 15) is 5.11 Å². The standard InChI is InChI=1S/C11H10BrNO2/c1-7(14)10-6-13-11(15-10)8-4-2-3-5-9(8)12/h2-7,14H,1H3. The first kappa shape index (κ1) is 10.4. The third kappa shape index (κ3) is 2.11. The minimum Gasteiger partial charge on any atom is -0.438 e. The van der Waals surface area contributed by atoms with Crippen molar-refractivity contribution >= 4 is 15.9 Å². The van der Waals surface area contributed by atoms with E-state index in [0.717, 1.165) is 10.0 Å². The molecular weight excluding hydrogens is 258 g/mol. The van der Waals surface area contributed by atoms with Crippen molar-refractivity contribution in [3.05, 3.63) is 40.7 Å². The second-order valence-corrected chi connectivity index (χ2v) is 4.08. The Balaban J connectivity index is 2.42. The lowest BCUT2D eigenvalue weighted by Gasteiger charge is -1.99. The van der Waals surface area contributed by atoms with Crippen LogP contribution in [0.4, 0.5) is 0 Å². The van der Waals surface area contributed by atoms with E-state index in [2.05, 4.69) is 20.9 Å². The molecule has 0 saturated heterocycles. The fourth-order valence-electron chi connectivity index (χ4n) is 1.24.